The number of hydrogen-bond donors (Lipinski definition) is 2. The van der Waals surface area contributed by atoms with E-state index in [1.807, 2.05) is 44.3 Å². The van der Waals surface area contributed by atoms with Crippen LogP contribution < -0.4 is 10.2 Å². The number of aryl methyl sites for hydroxylation is 1. The first-order valence-corrected chi connectivity index (χ1v) is 7.82. The SMILES string of the molecule is Cc1ccc(Cl)cc1NC(=O)C[NH+](C)Cc1ccccc1Cl. The molecule has 2 aromatic carbocycles. The summed E-state index contributed by atoms with van der Waals surface area (Å²) >= 11 is 12.1. The number of rotatable bonds is 5. The minimum Gasteiger partial charge on any atom is -0.326 e. The van der Waals surface area contributed by atoms with E-state index in [-0.39, 0.29) is 5.91 Å². The zero-order chi connectivity index (χ0) is 16.1. The Labute approximate surface area is 140 Å². The molecule has 0 radical (unpaired) electrons. The van der Waals surface area contributed by atoms with Crippen LogP contribution in [0.15, 0.2) is 42.5 Å². The minimum atomic E-state index is -0.0464. The molecule has 1 atom stereocenters. The van der Waals surface area contributed by atoms with E-state index in [4.69, 9.17) is 23.2 Å². The topological polar surface area (TPSA) is 33.5 Å². The van der Waals surface area contributed by atoms with Gasteiger partial charge in [-0.25, -0.2) is 0 Å². The summed E-state index contributed by atoms with van der Waals surface area (Å²) < 4.78 is 0. The molecule has 0 fully saturated rings. The Morgan fingerprint density at radius 1 is 1.18 bits per heavy atom. The van der Waals surface area contributed by atoms with Crippen molar-refractivity contribution in [2.75, 3.05) is 18.9 Å². The van der Waals surface area contributed by atoms with Gasteiger partial charge >= 0.3 is 0 Å². The summed E-state index contributed by atoms with van der Waals surface area (Å²) in [4.78, 5) is 13.2. The lowest BCUT2D eigenvalue weighted by molar-refractivity contribution is -0.885. The molecule has 22 heavy (non-hydrogen) atoms. The van der Waals surface area contributed by atoms with Crippen molar-refractivity contribution in [1.82, 2.24) is 0 Å². The molecule has 0 aliphatic carbocycles. The first-order chi connectivity index (χ1) is 10.5. The monoisotopic (exact) mass is 337 g/mol. The highest BCUT2D eigenvalue weighted by Crippen LogP contribution is 2.19. The lowest BCUT2D eigenvalue weighted by atomic mass is 10.2. The average Bonchev–Trinajstić information content (AvgIpc) is 2.45. The zero-order valence-corrected chi connectivity index (χ0v) is 14.1. The van der Waals surface area contributed by atoms with E-state index in [1.54, 1.807) is 12.1 Å². The second-order valence-electron chi connectivity index (χ2n) is 5.41. The second-order valence-corrected chi connectivity index (χ2v) is 6.25. The van der Waals surface area contributed by atoms with Crippen molar-refractivity contribution in [2.24, 2.45) is 0 Å². The molecule has 0 aliphatic heterocycles. The van der Waals surface area contributed by atoms with Gasteiger partial charge < -0.3 is 10.2 Å². The van der Waals surface area contributed by atoms with Gasteiger partial charge in [-0.15, -0.1) is 0 Å². The Kier molecular flexibility index (Phi) is 5.83. The van der Waals surface area contributed by atoms with Crippen LogP contribution >= 0.6 is 23.2 Å². The lowest BCUT2D eigenvalue weighted by Crippen LogP contribution is -3.08. The van der Waals surface area contributed by atoms with Gasteiger partial charge in [0.1, 0.15) is 6.54 Å². The fraction of sp³-hybridized carbons (Fsp3) is 0.235. The van der Waals surface area contributed by atoms with Crippen molar-refractivity contribution in [3.8, 4) is 0 Å². The molecule has 0 spiro atoms. The summed E-state index contributed by atoms with van der Waals surface area (Å²) in [7, 11) is 1.97. The van der Waals surface area contributed by atoms with Crippen molar-refractivity contribution >= 4 is 34.8 Å². The van der Waals surface area contributed by atoms with Gasteiger partial charge in [0.2, 0.25) is 0 Å². The fourth-order valence-electron chi connectivity index (χ4n) is 2.23. The maximum Gasteiger partial charge on any atom is 0.279 e. The smallest absolute Gasteiger partial charge is 0.279 e. The molecule has 3 nitrogen and oxygen atoms in total. The third-order valence-electron chi connectivity index (χ3n) is 3.39. The van der Waals surface area contributed by atoms with Crippen LogP contribution in [0.3, 0.4) is 0 Å². The number of quaternary nitrogens is 1. The minimum absolute atomic E-state index is 0.0464. The molecule has 116 valence electrons. The number of likely N-dealkylation sites (N-methyl/N-ethyl adjacent to an activating group) is 1. The highest BCUT2D eigenvalue weighted by molar-refractivity contribution is 6.31. The summed E-state index contributed by atoms with van der Waals surface area (Å²) in [5.74, 6) is -0.0464. The molecule has 1 unspecified atom stereocenters. The number of nitrogens with one attached hydrogen (secondary N) is 2. The summed E-state index contributed by atoms with van der Waals surface area (Å²) in [6.07, 6.45) is 0. The Hall–Kier alpha value is -1.55. The van der Waals surface area contributed by atoms with E-state index in [1.165, 1.54) is 0 Å². The van der Waals surface area contributed by atoms with Crippen LogP contribution in [0.5, 0.6) is 0 Å². The summed E-state index contributed by atoms with van der Waals surface area (Å²) in [6.45, 7) is 2.99. The predicted octanol–water partition coefficient (Wildman–Crippen LogP) is 2.96. The third kappa shape index (κ3) is 4.73. The molecule has 0 saturated heterocycles. The highest BCUT2D eigenvalue weighted by Gasteiger charge is 2.13. The predicted molar refractivity (Wildman–Crippen MR) is 91.7 cm³/mol. The van der Waals surface area contributed by atoms with Crippen molar-refractivity contribution < 1.29 is 9.69 Å². The van der Waals surface area contributed by atoms with Gasteiger partial charge in [0.15, 0.2) is 6.54 Å². The van der Waals surface area contributed by atoms with E-state index in [0.29, 0.717) is 18.1 Å². The molecule has 5 heteroatoms. The van der Waals surface area contributed by atoms with Crippen LogP contribution in [0.25, 0.3) is 0 Å². The number of carbonyl (C=O) groups is 1. The highest BCUT2D eigenvalue weighted by atomic mass is 35.5. The first-order valence-electron chi connectivity index (χ1n) is 7.06. The molecule has 2 aromatic rings. The van der Waals surface area contributed by atoms with Gasteiger partial charge in [0.05, 0.1) is 7.05 Å². The molecule has 1 amide bonds. The number of benzene rings is 2. The van der Waals surface area contributed by atoms with Gasteiger partial charge in [0.25, 0.3) is 5.91 Å². The average molecular weight is 338 g/mol. The number of carbonyl (C=O) groups excluding carboxylic acids is 1. The number of halogens is 2. The van der Waals surface area contributed by atoms with Crippen molar-refractivity contribution in [2.45, 2.75) is 13.5 Å². The third-order valence-corrected chi connectivity index (χ3v) is 3.99. The molecule has 0 aliphatic rings. The molecule has 0 heterocycles. The Morgan fingerprint density at radius 3 is 2.64 bits per heavy atom. The first kappa shape index (κ1) is 16.8. The number of anilines is 1. The molecule has 0 bridgehead atoms. The molecular weight excluding hydrogens is 319 g/mol. The second kappa shape index (κ2) is 7.63. The van der Waals surface area contributed by atoms with Crippen LogP contribution in [0.2, 0.25) is 10.0 Å². The van der Waals surface area contributed by atoms with E-state index >= 15 is 0 Å². The Morgan fingerprint density at radius 2 is 1.91 bits per heavy atom. The Bertz CT molecular complexity index is 673. The summed E-state index contributed by atoms with van der Waals surface area (Å²) in [5, 5.41) is 4.24. The van der Waals surface area contributed by atoms with E-state index < -0.39 is 0 Å². The summed E-state index contributed by atoms with van der Waals surface area (Å²) in [6, 6.07) is 13.1. The number of amides is 1. The summed E-state index contributed by atoms with van der Waals surface area (Å²) in [5.41, 5.74) is 2.78. The molecule has 0 saturated carbocycles. The molecule has 2 N–H and O–H groups in total. The van der Waals surface area contributed by atoms with Gasteiger partial charge in [0, 0.05) is 21.3 Å². The van der Waals surface area contributed by atoms with E-state index in [2.05, 4.69) is 5.32 Å². The van der Waals surface area contributed by atoms with Crippen LogP contribution in [0.4, 0.5) is 5.69 Å². The molecule has 0 aromatic heterocycles. The zero-order valence-electron chi connectivity index (χ0n) is 12.6. The van der Waals surface area contributed by atoms with Gasteiger partial charge in [-0.05, 0) is 30.7 Å². The number of hydrogen-bond acceptors (Lipinski definition) is 1. The fourth-order valence-corrected chi connectivity index (χ4v) is 2.60. The van der Waals surface area contributed by atoms with Gasteiger partial charge in [-0.2, -0.15) is 0 Å². The van der Waals surface area contributed by atoms with E-state index in [9.17, 15) is 4.79 Å². The quantitative estimate of drug-likeness (QED) is 0.864. The van der Waals surface area contributed by atoms with E-state index in [0.717, 1.165) is 26.7 Å². The van der Waals surface area contributed by atoms with Crippen molar-refractivity contribution in [3.05, 3.63) is 63.6 Å². The maximum absolute atomic E-state index is 12.2. The van der Waals surface area contributed by atoms with Crippen LogP contribution in [0.1, 0.15) is 11.1 Å². The largest absolute Gasteiger partial charge is 0.326 e. The van der Waals surface area contributed by atoms with Crippen LogP contribution in [-0.4, -0.2) is 19.5 Å². The van der Waals surface area contributed by atoms with Gasteiger partial charge in [-0.1, -0.05) is 47.5 Å². The molecule has 2 rings (SSSR count). The Balaban J connectivity index is 1.94. The standard InChI is InChI=1S/C17H18Cl2N2O/c1-12-7-8-14(18)9-16(12)20-17(22)11-21(2)10-13-5-3-4-6-15(13)19/h3-9H,10-11H2,1-2H3,(H,20,22)/p+1. The van der Waals surface area contributed by atoms with Crippen molar-refractivity contribution in [3.63, 3.8) is 0 Å². The maximum atomic E-state index is 12.2. The van der Waals surface area contributed by atoms with Crippen LogP contribution in [0, 0.1) is 6.92 Å². The van der Waals surface area contributed by atoms with Gasteiger partial charge in [-0.3, -0.25) is 4.79 Å². The normalized spacial score (nSPS) is 12.0. The molecular formula is C17H19Cl2N2O+. The van der Waals surface area contributed by atoms with Crippen molar-refractivity contribution in [1.29, 1.82) is 0 Å². The van der Waals surface area contributed by atoms with Crippen LogP contribution in [-0.2, 0) is 11.3 Å². The lowest BCUT2D eigenvalue weighted by Gasteiger charge is -2.15.